The van der Waals surface area contributed by atoms with E-state index in [9.17, 15) is 4.79 Å². The molecule has 0 aliphatic carbocycles. The zero-order chi connectivity index (χ0) is 14.9. The summed E-state index contributed by atoms with van der Waals surface area (Å²) in [5, 5.41) is 8.63. The fourth-order valence-electron chi connectivity index (χ4n) is 1.96. The first-order valence-corrected chi connectivity index (χ1v) is 6.93. The average Bonchev–Trinajstić information content (AvgIpc) is 2.57. The predicted molar refractivity (Wildman–Crippen MR) is 81.3 cm³/mol. The monoisotopic (exact) mass is 285 g/mol. The third-order valence-corrected chi connectivity index (χ3v) is 3.08. The Morgan fingerprint density at radius 1 is 0.905 bits per heavy atom. The van der Waals surface area contributed by atoms with Crippen LogP contribution in [0.2, 0.25) is 0 Å². The normalized spacial score (nSPS) is 14.0. The summed E-state index contributed by atoms with van der Waals surface area (Å²) in [5.41, 5.74) is 0.759. The molecule has 0 spiro atoms. The van der Waals surface area contributed by atoms with Crippen molar-refractivity contribution in [3.05, 3.63) is 66.2 Å². The number of nitrogens with zero attached hydrogens (tertiary/aromatic N) is 1. The van der Waals surface area contributed by atoms with Crippen LogP contribution in [0.4, 0.5) is 0 Å². The first-order chi connectivity index (χ1) is 10.3. The van der Waals surface area contributed by atoms with Crippen molar-refractivity contribution in [1.82, 2.24) is 4.90 Å². The Morgan fingerprint density at radius 2 is 1.43 bits per heavy atom. The Hall–Kier alpha value is -2.33. The van der Waals surface area contributed by atoms with Gasteiger partial charge in [0.05, 0.1) is 13.2 Å². The largest absolute Gasteiger partial charge is 0.508 e. The number of amides is 1. The third kappa shape index (κ3) is 4.93. The van der Waals surface area contributed by atoms with E-state index in [0.29, 0.717) is 32.1 Å². The van der Waals surface area contributed by atoms with Crippen LogP contribution in [0.15, 0.2) is 60.7 Å². The minimum Gasteiger partial charge on any atom is -0.508 e. The summed E-state index contributed by atoms with van der Waals surface area (Å²) in [6.07, 6.45) is 0. The molecule has 0 atom stereocenters. The number of aromatic hydroxyl groups is 1. The number of ether oxygens (including phenoxy) is 1. The van der Waals surface area contributed by atoms with Gasteiger partial charge in [0.25, 0.3) is 5.91 Å². The highest BCUT2D eigenvalue weighted by molar-refractivity contribution is 5.94. The van der Waals surface area contributed by atoms with Crippen LogP contribution in [-0.2, 0) is 4.74 Å². The van der Waals surface area contributed by atoms with E-state index in [1.807, 2.05) is 41.3 Å². The van der Waals surface area contributed by atoms with Crippen molar-refractivity contribution >= 4 is 5.91 Å². The molecule has 2 aromatic rings. The number of hydrogen-bond donors (Lipinski definition) is 1. The molecule has 1 fully saturated rings. The van der Waals surface area contributed by atoms with Crippen molar-refractivity contribution in [1.29, 1.82) is 0 Å². The highest BCUT2D eigenvalue weighted by atomic mass is 16.5. The Morgan fingerprint density at radius 3 is 1.90 bits per heavy atom. The zero-order valence-corrected chi connectivity index (χ0v) is 11.8. The van der Waals surface area contributed by atoms with Gasteiger partial charge < -0.3 is 14.7 Å². The lowest BCUT2D eigenvalue weighted by molar-refractivity contribution is 0.0303. The van der Waals surface area contributed by atoms with Crippen LogP contribution in [0.1, 0.15) is 10.4 Å². The van der Waals surface area contributed by atoms with Gasteiger partial charge in [-0.1, -0.05) is 36.4 Å². The fraction of sp³-hybridized carbons (Fsp3) is 0.235. The predicted octanol–water partition coefficient (Wildman–Crippen LogP) is 2.55. The summed E-state index contributed by atoms with van der Waals surface area (Å²) >= 11 is 0. The molecule has 2 aromatic carbocycles. The maximum absolute atomic E-state index is 11.9. The molecule has 110 valence electrons. The molecule has 0 radical (unpaired) electrons. The van der Waals surface area contributed by atoms with E-state index < -0.39 is 0 Å². The van der Waals surface area contributed by atoms with Crippen LogP contribution in [0.25, 0.3) is 0 Å². The van der Waals surface area contributed by atoms with Crippen molar-refractivity contribution in [3.8, 4) is 5.75 Å². The molecule has 0 aromatic heterocycles. The van der Waals surface area contributed by atoms with Crippen molar-refractivity contribution in [3.63, 3.8) is 0 Å². The first kappa shape index (κ1) is 15.1. The molecular formula is C17H19NO3. The molecule has 1 N–H and O–H groups in total. The Kier molecular flexibility index (Phi) is 5.79. The van der Waals surface area contributed by atoms with E-state index in [2.05, 4.69) is 0 Å². The summed E-state index contributed by atoms with van der Waals surface area (Å²) in [6.45, 7) is 2.71. The van der Waals surface area contributed by atoms with Gasteiger partial charge in [-0.2, -0.15) is 0 Å². The smallest absolute Gasteiger partial charge is 0.254 e. The van der Waals surface area contributed by atoms with Crippen molar-refractivity contribution in [2.75, 3.05) is 26.3 Å². The summed E-state index contributed by atoms with van der Waals surface area (Å²) < 4.78 is 5.19. The van der Waals surface area contributed by atoms with Gasteiger partial charge in [-0.25, -0.2) is 0 Å². The minimum absolute atomic E-state index is 0.105. The quantitative estimate of drug-likeness (QED) is 0.876. The topological polar surface area (TPSA) is 49.8 Å². The standard InChI is InChI=1S/C11H13NO2.C6H6O/c13-11(10-4-2-1-3-5-10)12-6-8-14-9-7-12;7-6-4-2-1-3-5-6/h1-5H,6-9H2;1-5,7H. The van der Waals surface area contributed by atoms with E-state index in [4.69, 9.17) is 9.84 Å². The summed E-state index contributed by atoms with van der Waals surface area (Å²) in [7, 11) is 0. The maximum Gasteiger partial charge on any atom is 0.254 e. The zero-order valence-electron chi connectivity index (χ0n) is 11.8. The van der Waals surface area contributed by atoms with E-state index in [0.717, 1.165) is 5.56 Å². The van der Waals surface area contributed by atoms with Gasteiger partial charge in [0, 0.05) is 18.7 Å². The summed E-state index contributed by atoms with van der Waals surface area (Å²) in [6, 6.07) is 18.1. The van der Waals surface area contributed by atoms with Crippen molar-refractivity contribution in [2.24, 2.45) is 0 Å². The van der Waals surface area contributed by atoms with E-state index >= 15 is 0 Å². The Balaban J connectivity index is 0.000000194. The van der Waals surface area contributed by atoms with Gasteiger partial charge in [-0.3, -0.25) is 4.79 Å². The average molecular weight is 285 g/mol. The van der Waals surface area contributed by atoms with E-state index in [-0.39, 0.29) is 5.91 Å². The number of benzene rings is 2. The minimum atomic E-state index is 0.105. The number of phenols is 1. The molecule has 21 heavy (non-hydrogen) atoms. The highest BCUT2D eigenvalue weighted by Crippen LogP contribution is 2.06. The lowest BCUT2D eigenvalue weighted by Crippen LogP contribution is -2.40. The lowest BCUT2D eigenvalue weighted by Gasteiger charge is -2.26. The molecule has 0 bridgehead atoms. The number of carbonyl (C=O) groups excluding carboxylic acids is 1. The number of rotatable bonds is 1. The summed E-state index contributed by atoms with van der Waals surface area (Å²) in [5.74, 6) is 0.427. The Labute approximate surface area is 124 Å². The lowest BCUT2D eigenvalue weighted by atomic mass is 10.2. The number of morpholine rings is 1. The molecule has 1 amide bonds. The van der Waals surface area contributed by atoms with E-state index in [1.165, 1.54) is 0 Å². The first-order valence-electron chi connectivity index (χ1n) is 6.93. The SMILES string of the molecule is O=C(c1ccccc1)N1CCOCC1.Oc1ccccc1. The van der Waals surface area contributed by atoms with Gasteiger partial charge in [0.2, 0.25) is 0 Å². The van der Waals surface area contributed by atoms with E-state index in [1.54, 1.807) is 24.3 Å². The molecule has 1 saturated heterocycles. The number of phenolic OH excluding ortho intramolecular Hbond substituents is 1. The number of hydrogen-bond acceptors (Lipinski definition) is 3. The molecule has 4 nitrogen and oxygen atoms in total. The fourth-order valence-corrected chi connectivity index (χ4v) is 1.96. The second-order valence-corrected chi connectivity index (χ2v) is 4.61. The Bertz CT molecular complexity index is 536. The third-order valence-electron chi connectivity index (χ3n) is 3.08. The van der Waals surface area contributed by atoms with Gasteiger partial charge in [0.1, 0.15) is 5.75 Å². The summed E-state index contributed by atoms with van der Waals surface area (Å²) in [4.78, 5) is 13.7. The molecular weight excluding hydrogens is 266 g/mol. The van der Waals surface area contributed by atoms with Crippen LogP contribution in [-0.4, -0.2) is 42.2 Å². The highest BCUT2D eigenvalue weighted by Gasteiger charge is 2.17. The molecule has 1 aliphatic heterocycles. The van der Waals surface area contributed by atoms with Gasteiger partial charge >= 0.3 is 0 Å². The van der Waals surface area contributed by atoms with Gasteiger partial charge in [0.15, 0.2) is 0 Å². The van der Waals surface area contributed by atoms with Gasteiger partial charge in [-0.15, -0.1) is 0 Å². The molecule has 1 heterocycles. The second-order valence-electron chi connectivity index (χ2n) is 4.61. The van der Waals surface area contributed by atoms with Crippen LogP contribution >= 0.6 is 0 Å². The van der Waals surface area contributed by atoms with Crippen molar-refractivity contribution < 1.29 is 14.6 Å². The number of para-hydroxylation sites is 1. The van der Waals surface area contributed by atoms with Crippen LogP contribution in [0.5, 0.6) is 5.75 Å². The second kappa shape index (κ2) is 8.07. The molecule has 0 saturated carbocycles. The van der Waals surface area contributed by atoms with Crippen molar-refractivity contribution in [2.45, 2.75) is 0 Å². The molecule has 3 rings (SSSR count). The number of carbonyl (C=O) groups is 1. The molecule has 0 unspecified atom stereocenters. The maximum atomic E-state index is 11.9. The molecule has 1 aliphatic rings. The van der Waals surface area contributed by atoms with Crippen LogP contribution in [0.3, 0.4) is 0 Å². The van der Waals surface area contributed by atoms with Crippen LogP contribution in [0, 0.1) is 0 Å². The van der Waals surface area contributed by atoms with Gasteiger partial charge in [-0.05, 0) is 24.3 Å². The van der Waals surface area contributed by atoms with Crippen LogP contribution < -0.4 is 0 Å². The molecule has 4 heteroatoms.